The van der Waals surface area contributed by atoms with Gasteiger partial charge in [0, 0.05) is 25.5 Å². The molecule has 206 valence electrons. The van der Waals surface area contributed by atoms with Crippen molar-refractivity contribution in [1.82, 2.24) is 4.98 Å². The van der Waals surface area contributed by atoms with Gasteiger partial charge >= 0.3 is 0 Å². The van der Waals surface area contributed by atoms with Gasteiger partial charge in [0.15, 0.2) is 5.17 Å². The molecule has 0 radical (unpaired) electrons. The molecule has 11 heteroatoms. The van der Waals surface area contributed by atoms with Crippen molar-refractivity contribution in [2.75, 3.05) is 7.11 Å². The average Bonchev–Trinajstić information content (AvgIpc) is 3.76. The van der Waals surface area contributed by atoms with E-state index in [1.807, 2.05) is 13.8 Å². The first-order chi connectivity index (χ1) is 18.7. The third-order valence-corrected chi connectivity index (χ3v) is 5.46. The van der Waals surface area contributed by atoms with Crippen LogP contribution in [0.4, 0.5) is 14.5 Å². The minimum Gasteiger partial charge on any atom is -0.494 e. The summed E-state index contributed by atoms with van der Waals surface area (Å²) in [6.07, 6.45) is 8.25. The van der Waals surface area contributed by atoms with Gasteiger partial charge < -0.3 is 16.2 Å². The van der Waals surface area contributed by atoms with E-state index in [4.69, 9.17) is 28.0 Å². The molecule has 1 aliphatic carbocycles. The van der Waals surface area contributed by atoms with E-state index in [-0.39, 0.29) is 41.3 Å². The highest BCUT2D eigenvalue weighted by Crippen LogP contribution is 2.37. The molecule has 8 nitrogen and oxygen atoms in total. The van der Waals surface area contributed by atoms with Gasteiger partial charge in [0.05, 0.1) is 19.0 Å². The second-order valence-electron chi connectivity index (χ2n) is 7.61. The Labute approximate surface area is 233 Å². The molecule has 39 heavy (non-hydrogen) atoms. The van der Waals surface area contributed by atoms with Crippen molar-refractivity contribution in [1.29, 1.82) is 5.41 Å². The molecule has 0 unspecified atom stereocenters. The van der Waals surface area contributed by atoms with Crippen molar-refractivity contribution in [3.8, 4) is 41.1 Å². The number of alkyl halides is 2. The maximum Gasteiger partial charge on any atom is 0.280 e. The highest BCUT2D eigenvalue weighted by Gasteiger charge is 2.21. The van der Waals surface area contributed by atoms with Crippen molar-refractivity contribution < 1.29 is 21.2 Å². The van der Waals surface area contributed by atoms with E-state index >= 15 is 0 Å². The molecule has 1 aromatic carbocycles. The number of terminal acetylenes is 1. The number of ether oxygens (including phenoxy) is 1. The zero-order chi connectivity index (χ0) is 28.9. The van der Waals surface area contributed by atoms with Crippen LogP contribution in [0.3, 0.4) is 0 Å². The molecule has 1 amide bonds. The Morgan fingerprint density at radius 3 is 2.64 bits per heavy atom. The minimum atomic E-state index is -2.86. The van der Waals surface area contributed by atoms with Gasteiger partial charge in [-0.15, -0.1) is 6.42 Å². The summed E-state index contributed by atoms with van der Waals surface area (Å²) in [5.41, 5.74) is 11.9. The molecule has 1 fully saturated rings. The first-order valence-corrected chi connectivity index (χ1v) is 12.6. The monoisotopic (exact) mass is 554 g/mol. The van der Waals surface area contributed by atoms with E-state index in [1.165, 1.54) is 37.5 Å². The number of carbonyl (C=O) groups is 1. The van der Waals surface area contributed by atoms with E-state index < -0.39 is 18.0 Å². The van der Waals surface area contributed by atoms with Crippen LogP contribution in [0.15, 0.2) is 52.6 Å². The number of allylic oxidation sites excluding steroid dienone is 1. The predicted octanol–water partition coefficient (Wildman–Crippen LogP) is 5.97. The number of aliphatic imine (C=N–C) groups is 2. The number of pyridine rings is 1. The number of nitrogens with one attached hydrogen (secondary N) is 1. The number of amides is 1. The van der Waals surface area contributed by atoms with Crippen LogP contribution in [-0.4, -0.2) is 34.0 Å². The van der Waals surface area contributed by atoms with Gasteiger partial charge in [-0.1, -0.05) is 25.7 Å². The lowest BCUT2D eigenvalue weighted by Gasteiger charge is -2.14. The molecule has 5 N–H and O–H groups in total. The van der Waals surface area contributed by atoms with Crippen LogP contribution >= 0.6 is 11.8 Å². The largest absolute Gasteiger partial charge is 0.494 e. The van der Waals surface area contributed by atoms with Crippen LogP contribution < -0.4 is 16.2 Å². The Bertz CT molecular complexity index is 1420. The number of rotatable bonds is 6. The van der Waals surface area contributed by atoms with Crippen LogP contribution in [0.2, 0.25) is 0 Å². The Kier molecular flexibility index (Phi) is 11.9. The third kappa shape index (κ3) is 9.40. The zero-order valence-electron chi connectivity index (χ0n) is 21.7. The lowest BCUT2D eigenvalue weighted by atomic mass is 9.97. The number of nitrogens with two attached hydrogens (primary N) is 2. The number of aromatic nitrogens is 1. The number of benzene rings is 1. The van der Waals surface area contributed by atoms with Crippen molar-refractivity contribution in [3.05, 3.63) is 53.9 Å². The number of halogens is 2. The lowest BCUT2D eigenvalue weighted by Crippen LogP contribution is -2.13. The van der Waals surface area contributed by atoms with Crippen LogP contribution in [0.1, 0.15) is 52.0 Å². The minimum absolute atomic E-state index is 0. The van der Waals surface area contributed by atoms with Crippen LogP contribution in [0, 0.1) is 35.5 Å². The first kappa shape index (κ1) is 30.7. The molecular weight excluding hydrogens is 522 g/mol. The SMILES string of the molecule is C#C/C=C\C(N)=Nc1ccc(C(=O)N=C(N)SC(=N)C#CC2CC2)c(-c2cc(C(F)F)ncc2OC)c1.CC.[HH].[HH]. The number of hydrogen-bond donors (Lipinski definition) is 3. The van der Waals surface area contributed by atoms with Crippen LogP contribution in [-0.2, 0) is 0 Å². The number of carbonyl (C=O) groups excluding carboxylic acids is 1. The fourth-order valence-corrected chi connectivity index (χ4v) is 3.44. The zero-order valence-corrected chi connectivity index (χ0v) is 22.5. The summed E-state index contributed by atoms with van der Waals surface area (Å²) in [5.74, 6) is 7.66. The Morgan fingerprint density at radius 1 is 1.31 bits per heavy atom. The molecule has 0 atom stereocenters. The van der Waals surface area contributed by atoms with Crippen molar-refractivity contribution in [2.45, 2.75) is 33.1 Å². The van der Waals surface area contributed by atoms with Gasteiger partial charge in [-0.2, -0.15) is 4.99 Å². The van der Waals surface area contributed by atoms with Crippen molar-refractivity contribution in [2.24, 2.45) is 27.4 Å². The van der Waals surface area contributed by atoms with E-state index in [0.29, 0.717) is 11.6 Å². The quantitative estimate of drug-likeness (QED) is 0.228. The summed E-state index contributed by atoms with van der Waals surface area (Å²) >= 11 is 0.748. The van der Waals surface area contributed by atoms with Gasteiger partial charge in [-0.05, 0) is 66.9 Å². The molecular formula is C28H32F2N6O2S. The second-order valence-corrected chi connectivity index (χ2v) is 8.64. The molecule has 0 spiro atoms. The fourth-order valence-electron chi connectivity index (χ4n) is 2.99. The molecule has 1 aromatic heterocycles. The summed E-state index contributed by atoms with van der Waals surface area (Å²) in [4.78, 5) is 24.9. The fraction of sp³-hybridized carbons (Fsp3) is 0.250. The van der Waals surface area contributed by atoms with Gasteiger partial charge in [-0.3, -0.25) is 15.2 Å². The number of hydrogen-bond acceptors (Lipinski definition) is 6. The number of methoxy groups -OCH3 is 1. The van der Waals surface area contributed by atoms with Crippen LogP contribution in [0.25, 0.3) is 11.1 Å². The van der Waals surface area contributed by atoms with E-state index in [2.05, 4.69) is 32.7 Å². The van der Waals surface area contributed by atoms with Gasteiger partial charge in [0.25, 0.3) is 12.3 Å². The molecule has 1 heterocycles. The highest BCUT2D eigenvalue weighted by atomic mass is 32.2. The third-order valence-electron chi connectivity index (χ3n) is 4.85. The second kappa shape index (κ2) is 15.1. The summed E-state index contributed by atoms with van der Waals surface area (Å²) in [6, 6.07) is 5.50. The van der Waals surface area contributed by atoms with E-state index in [0.717, 1.165) is 36.9 Å². The summed E-state index contributed by atoms with van der Waals surface area (Å²) in [6.45, 7) is 4.00. The number of nitrogens with zero attached hydrogens (tertiary/aromatic N) is 3. The normalized spacial score (nSPS) is 13.2. The first-order valence-electron chi connectivity index (χ1n) is 11.8. The lowest BCUT2D eigenvalue weighted by molar-refractivity contribution is 0.100. The van der Waals surface area contributed by atoms with Gasteiger partial charge in [0.1, 0.15) is 22.3 Å². The average molecular weight is 555 g/mol. The van der Waals surface area contributed by atoms with Crippen molar-refractivity contribution in [3.63, 3.8) is 0 Å². The molecule has 0 bridgehead atoms. The van der Waals surface area contributed by atoms with Crippen molar-refractivity contribution >= 4 is 39.4 Å². The predicted molar refractivity (Wildman–Crippen MR) is 158 cm³/mol. The van der Waals surface area contributed by atoms with E-state index in [1.54, 1.807) is 0 Å². The maximum atomic E-state index is 13.4. The molecule has 0 saturated heterocycles. The number of amidine groups is 2. The highest BCUT2D eigenvalue weighted by molar-refractivity contribution is 8.26. The smallest absolute Gasteiger partial charge is 0.280 e. The molecule has 0 aliphatic heterocycles. The Morgan fingerprint density at radius 2 is 2.03 bits per heavy atom. The molecule has 3 rings (SSSR count). The standard InChI is InChI=1S/C26H22F2N6O2S.C2H6.2H2/c1-3-4-5-22(29)33-16-9-10-17(25(35)34-26(31)37-23(30)11-8-15-6-7-15)18(12-16)19-13-20(24(27)28)32-14-21(19)36-2;1-2;;/h1,4-5,9-10,12-15,24,30H,6-7H2,2H3,(H2,29,33)(H2,31,34,35);1-2H3;2*1H/b5-4-,30-23?;;;. The topological polar surface area (TPSA) is 140 Å². The van der Waals surface area contributed by atoms with E-state index in [9.17, 15) is 13.6 Å². The molecule has 2 aromatic rings. The number of thioether (sulfide) groups is 1. The Hall–Kier alpha value is -4.48. The molecule has 1 saturated carbocycles. The summed E-state index contributed by atoms with van der Waals surface area (Å²) in [5, 5.41) is 7.67. The van der Waals surface area contributed by atoms with Crippen LogP contribution in [0.5, 0.6) is 5.75 Å². The summed E-state index contributed by atoms with van der Waals surface area (Å²) < 4.78 is 32.2. The summed E-state index contributed by atoms with van der Waals surface area (Å²) in [7, 11) is 1.34. The van der Waals surface area contributed by atoms with Gasteiger partial charge in [0.2, 0.25) is 0 Å². The maximum absolute atomic E-state index is 13.4. The Balaban J connectivity index is 0.00000391. The van der Waals surface area contributed by atoms with Gasteiger partial charge in [-0.25, -0.2) is 13.8 Å². The molecule has 1 aliphatic rings.